The molecule has 0 bridgehead atoms. The van der Waals surface area contributed by atoms with Crippen molar-refractivity contribution in [2.75, 3.05) is 5.01 Å². The van der Waals surface area contributed by atoms with E-state index in [2.05, 4.69) is 5.10 Å². The normalized spacial score (nSPS) is 16.2. The van der Waals surface area contributed by atoms with Crippen LogP contribution in [0, 0.1) is 0 Å². The molecule has 3 heteroatoms. The van der Waals surface area contributed by atoms with E-state index in [9.17, 15) is 4.79 Å². The fourth-order valence-corrected chi connectivity index (χ4v) is 1.50. The zero-order valence-electron chi connectivity index (χ0n) is 8.55. The SMILES string of the molecule is CC=CC1=NN(c2ccccc2)C(=O)C1. The highest BCUT2D eigenvalue weighted by Gasteiger charge is 2.23. The van der Waals surface area contributed by atoms with Crippen LogP contribution in [-0.2, 0) is 4.79 Å². The number of rotatable bonds is 2. The Morgan fingerprint density at radius 3 is 2.73 bits per heavy atom. The topological polar surface area (TPSA) is 32.7 Å². The van der Waals surface area contributed by atoms with E-state index in [1.165, 1.54) is 5.01 Å². The molecule has 0 radical (unpaired) electrons. The first-order valence-corrected chi connectivity index (χ1v) is 4.89. The second-order valence-corrected chi connectivity index (χ2v) is 3.31. The van der Waals surface area contributed by atoms with Crippen LogP contribution in [0.4, 0.5) is 5.69 Å². The molecule has 1 aliphatic rings. The fourth-order valence-electron chi connectivity index (χ4n) is 1.50. The number of hydrogen-bond acceptors (Lipinski definition) is 2. The highest BCUT2D eigenvalue weighted by molar-refractivity contribution is 6.16. The number of anilines is 1. The molecule has 1 amide bonds. The van der Waals surface area contributed by atoms with Gasteiger partial charge in [-0.3, -0.25) is 4.79 Å². The Morgan fingerprint density at radius 2 is 2.07 bits per heavy atom. The lowest BCUT2D eigenvalue weighted by Gasteiger charge is -2.10. The van der Waals surface area contributed by atoms with Gasteiger partial charge < -0.3 is 0 Å². The highest BCUT2D eigenvalue weighted by atomic mass is 16.2. The Kier molecular flexibility index (Phi) is 2.63. The quantitative estimate of drug-likeness (QED) is 0.721. The molecule has 1 aromatic rings. The van der Waals surface area contributed by atoms with Gasteiger partial charge in [-0.15, -0.1) is 0 Å². The molecule has 0 saturated heterocycles. The molecule has 0 N–H and O–H groups in total. The Bertz CT molecular complexity index is 421. The number of para-hydroxylation sites is 1. The lowest BCUT2D eigenvalue weighted by Crippen LogP contribution is -2.19. The molecule has 0 aromatic heterocycles. The van der Waals surface area contributed by atoms with Crippen LogP contribution in [-0.4, -0.2) is 11.6 Å². The van der Waals surface area contributed by atoms with Crippen LogP contribution in [0.1, 0.15) is 13.3 Å². The molecule has 0 unspecified atom stereocenters. The predicted octanol–water partition coefficient (Wildman–Crippen LogP) is 2.36. The van der Waals surface area contributed by atoms with Gasteiger partial charge in [0.2, 0.25) is 0 Å². The van der Waals surface area contributed by atoms with Gasteiger partial charge in [0.05, 0.1) is 17.8 Å². The third-order valence-corrected chi connectivity index (χ3v) is 2.16. The van der Waals surface area contributed by atoms with E-state index in [1.54, 1.807) is 0 Å². The lowest BCUT2D eigenvalue weighted by atomic mass is 10.2. The third kappa shape index (κ3) is 1.96. The standard InChI is InChI=1S/C12H12N2O/c1-2-6-10-9-12(15)14(13-10)11-7-4-3-5-8-11/h2-8H,9H2,1H3. The summed E-state index contributed by atoms with van der Waals surface area (Å²) in [6, 6.07) is 9.46. The molecule has 0 spiro atoms. The number of carbonyl (C=O) groups excluding carboxylic acids is 1. The molecular formula is C12H12N2O. The second-order valence-electron chi connectivity index (χ2n) is 3.31. The second kappa shape index (κ2) is 4.09. The van der Waals surface area contributed by atoms with Crippen LogP contribution in [0.2, 0.25) is 0 Å². The summed E-state index contributed by atoms with van der Waals surface area (Å²) >= 11 is 0. The maximum Gasteiger partial charge on any atom is 0.253 e. The van der Waals surface area contributed by atoms with Crippen LogP contribution in [0.5, 0.6) is 0 Å². The average molecular weight is 200 g/mol. The number of hydrazone groups is 1. The van der Waals surface area contributed by atoms with Crippen LogP contribution >= 0.6 is 0 Å². The van der Waals surface area contributed by atoms with Gasteiger partial charge in [-0.05, 0) is 25.1 Å². The van der Waals surface area contributed by atoms with Gasteiger partial charge in [-0.2, -0.15) is 5.10 Å². The summed E-state index contributed by atoms with van der Waals surface area (Å²) in [5, 5.41) is 5.70. The lowest BCUT2D eigenvalue weighted by molar-refractivity contribution is -0.116. The summed E-state index contributed by atoms with van der Waals surface area (Å²) in [4.78, 5) is 11.6. The van der Waals surface area contributed by atoms with Crippen molar-refractivity contribution in [3.8, 4) is 0 Å². The van der Waals surface area contributed by atoms with Gasteiger partial charge >= 0.3 is 0 Å². The number of allylic oxidation sites excluding steroid dienone is 2. The van der Waals surface area contributed by atoms with Crippen molar-refractivity contribution in [3.05, 3.63) is 42.5 Å². The van der Waals surface area contributed by atoms with Crippen molar-refractivity contribution < 1.29 is 4.79 Å². The summed E-state index contributed by atoms with van der Waals surface area (Å²) in [5.74, 6) is 0.0225. The monoisotopic (exact) mass is 200 g/mol. The molecule has 2 rings (SSSR count). The van der Waals surface area contributed by atoms with Gasteiger partial charge in [-0.1, -0.05) is 24.3 Å². The van der Waals surface area contributed by atoms with E-state index in [0.717, 1.165) is 11.4 Å². The minimum Gasteiger partial charge on any atom is -0.272 e. The fraction of sp³-hybridized carbons (Fsp3) is 0.167. The van der Waals surface area contributed by atoms with Crippen molar-refractivity contribution in [2.45, 2.75) is 13.3 Å². The zero-order valence-corrected chi connectivity index (χ0v) is 8.55. The first kappa shape index (κ1) is 9.65. The molecule has 76 valence electrons. The van der Waals surface area contributed by atoms with Crippen LogP contribution in [0.15, 0.2) is 47.6 Å². The van der Waals surface area contributed by atoms with Crippen LogP contribution in [0.3, 0.4) is 0 Å². The van der Waals surface area contributed by atoms with Gasteiger partial charge in [0.25, 0.3) is 5.91 Å². The smallest absolute Gasteiger partial charge is 0.253 e. The summed E-state index contributed by atoms with van der Waals surface area (Å²) in [6.07, 6.45) is 4.14. The van der Waals surface area contributed by atoms with Gasteiger partial charge in [0, 0.05) is 0 Å². The molecule has 15 heavy (non-hydrogen) atoms. The first-order chi connectivity index (χ1) is 7.31. The van der Waals surface area contributed by atoms with Crippen molar-refractivity contribution in [1.82, 2.24) is 0 Å². The zero-order chi connectivity index (χ0) is 10.7. The van der Waals surface area contributed by atoms with E-state index in [-0.39, 0.29) is 5.91 Å². The van der Waals surface area contributed by atoms with Crippen LogP contribution in [0.25, 0.3) is 0 Å². The number of benzene rings is 1. The van der Waals surface area contributed by atoms with Gasteiger partial charge in [0.1, 0.15) is 0 Å². The minimum atomic E-state index is 0.0225. The molecule has 3 nitrogen and oxygen atoms in total. The minimum absolute atomic E-state index is 0.0225. The van der Waals surface area contributed by atoms with E-state index in [1.807, 2.05) is 49.4 Å². The molecule has 0 atom stereocenters. The summed E-state index contributed by atoms with van der Waals surface area (Å²) in [7, 11) is 0. The molecule has 0 fully saturated rings. The summed E-state index contributed by atoms with van der Waals surface area (Å²) in [5.41, 5.74) is 1.63. The Balaban J connectivity index is 2.28. The largest absolute Gasteiger partial charge is 0.272 e. The van der Waals surface area contributed by atoms with Gasteiger partial charge in [0.15, 0.2) is 0 Å². The first-order valence-electron chi connectivity index (χ1n) is 4.89. The number of carbonyl (C=O) groups is 1. The average Bonchev–Trinajstić information content (AvgIpc) is 2.61. The van der Waals surface area contributed by atoms with Gasteiger partial charge in [-0.25, -0.2) is 5.01 Å². The van der Waals surface area contributed by atoms with E-state index in [0.29, 0.717) is 6.42 Å². The van der Waals surface area contributed by atoms with Crippen molar-refractivity contribution >= 4 is 17.3 Å². The van der Waals surface area contributed by atoms with E-state index in [4.69, 9.17) is 0 Å². The van der Waals surface area contributed by atoms with E-state index < -0.39 is 0 Å². The van der Waals surface area contributed by atoms with Crippen LogP contribution < -0.4 is 5.01 Å². The number of hydrogen-bond donors (Lipinski definition) is 0. The van der Waals surface area contributed by atoms with E-state index >= 15 is 0 Å². The molecule has 1 heterocycles. The number of amides is 1. The molecule has 1 aromatic carbocycles. The third-order valence-electron chi connectivity index (χ3n) is 2.16. The van der Waals surface area contributed by atoms with Crippen molar-refractivity contribution in [2.24, 2.45) is 5.10 Å². The predicted molar refractivity (Wildman–Crippen MR) is 60.8 cm³/mol. The number of nitrogens with zero attached hydrogens (tertiary/aromatic N) is 2. The maximum atomic E-state index is 11.6. The Morgan fingerprint density at radius 1 is 1.33 bits per heavy atom. The van der Waals surface area contributed by atoms with Crippen molar-refractivity contribution in [1.29, 1.82) is 0 Å². The summed E-state index contributed by atoms with van der Waals surface area (Å²) in [6.45, 7) is 1.91. The maximum absolute atomic E-state index is 11.6. The van der Waals surface area contributed by atoms with Crippen molar-refractivity contribution in [3.63, 3.8) is 0 Å². The molecule has 0 aliphatic carbocycles. The Hall–Kier alpha value is -1.90. The molecule has 1 aliphatic heterocycles. The summed E-state index contributed by atoms with van der Waals surface area (Å²) < 4.78 is 0. The Labute approximate surface area is 88.7 Å². The molecule has 0 saturated carbocycles. The molecular weight excluding hydrogens is 188 g/mol. The highest BCUT2D eigenvalue weighted by Crippen LogP contribution is 2.19.